The molecule has 2 atom stereocenters. The summed E-state index contributed by atoms with van der Waals surface area (Å²) in [7, 11) is 0. The van der Waals surface area contributed by atoms with Crippen molar-refractivity contribution in [1.82, 2.24) is 20.4 Å². The van der Waals surface area contributed by atoms with E-state index < -0.39 is 0 Å². The number of carbonyl (C=O) groups excluding carboxylic acids is 1. The fourth-order valence-corrected chi connectivity index (χ4v) is 2.22. The van der Waals surface area contributed by atoms with Gasteiger partial charge in [-0.25, -0.2) is 4.79 Å². The van der Waals surface area contributed by atoms with Crippen LogP contribution in [0.2, 0.25) is 0 Å². The second-order valence-corrected chi connectivity index (χ2v) is 4.86. The summed E-state index contributed by atoms with van der Waals surface area (Å²) in [6.07, 6.45) is 6.81. The van der Waals surface area contributed by atoms with Gasteiger partial charge in [0, 0.05) is 32.1 Å². The van der Waals surface area contributed by atoms with Crippen LogP contribution in [0.5, 0.6) is 0 Å². The Labute approximate surface area is 113 Å². The maximum Gasteiger partial charge on any atom is 0.315 e. The smallest absolute Gasteiger partial charge is 0.315 e. The Balaban J connectivity index is 1.56. The van der Waals surface area contributed by atoms with Crippen molar-refractivity contribution in [3.63, 3.8) is 0 Å². The lowest BCUT2D eigenvalue weighted by molar-refractivity contribution is 0.0860. The van der Waals surface area contributed by atoms with Gasteiger partial charge in [-0.3, -0.25) is 4.68 Å². The van der Waals surface area contributed by atoms with E-state index >= 15 is 0 Å². The van der Waals surface area contributed by atoms with Crippen LogP contribution in [-0.4, -0.2) is 41.1 Å². The summed E-state index contributed by atoms with van der Waals surface area (Å²) in [4.78, 5) is 11.7. The first-order chi connectivity index (χ1) is 9.25. The van der Waals surface area contributed by atoms with E-state index in [1.165, 1.54) is 0 Å². The van der Waals surface area contributed by atoms with Gasteiger partial charge in [0.15, 0.2) is 0 Å². The van der Waals surface area contributed by atoms with E-state index in [2.05, 4.69) is 15.7 Å². The van der Waals surface area contributed by atoms with Crippen LogP contribution in [0, 0.1) is 0 Å². The number of hydrogen-bond donors (Lipinski definition) is 2. The number of amides is 2. The largest absolute Gasteiger partial charge is 0.376 e. The summed E-state index contributed by atoms with van der Waals surface area (Å²) in [6, 6.07) is 1.83. The lowest BCUT2D eigenvalue weighted by Crippen LogP contribution is -2.46. The predicted molar refractivity (Wildman–Crippen MR) is 71.8 cm³/mol. The summed E-state index contributed by atoms with van der Waals surface area (Å²) in [5.74, 6) is 0. The Morgan fingerprint density at radius 3 is 3.21 bits per heavy atom. The van der Waals surface area contributed by atoms with E-state index in [0.29, 0.717) is 6.54 Å². The van der Waals surface area contributed by atoms with Crippen LogP contribution < -0.4 is 10.6 Å². The molecule has 6 heteroatoms. The van der Waals surface area contributed by atoms with Gasteiger partial charge in [0.1, 0.15) is 0 Å². The fraction of sp³-hybridized carbons (Fsp3) is 0.692. The fourth-order valence-electron chi connectivity index (χ4n) is 2.22. The van der Waals surface area contributed by atoms with Crippen molar-refractivity contribution in [3.8, 4) is 0 Å². The van der Waals surface area contributed by atoms with Crippen LogP contribution in [0.3, 0.4) is 0 Å². The van der Waals surface area contributed by atoms with Gasteiger partial charge in [0.2, 0.25) is 0 Å². The number of nitrogens with one attached hydrogen (secondary N) is 2. The molecule has 2 heterocycles. The van der Waals surface area contributed by atoms with E-state index in [-0.39, 0.29) is 18.2 Å². The standard InChI is InChI=1S/C13H22N4O2/c1-11(12-5-2-10-19-12)16-13(18)14-6-3-8-17-9-4-7-15-17/h4,7,9,11-12H,2-3,5-6,8,10H2,1H3,(H2,14,16,18)/t11-,12-/m1/s1. The van der Waals surface area contributed by atoms with Gasteiger partial charge in [-0.2, -0.15) is 5.10 Å². The molecule has 0 bridgehead atoms. The SMILES string of the molecule is C[C@@H](NC(=O)NCCCn1cccn1)[C@H]1CCCO1. The van der Waals surface area contributed by atoms with Gasteiger partial charge in [-0.15, -0.1) is 0 Å². The molecule has 0 aromatic carbocycles. The Kier molecular flexibility index (Phi) is 5.20. The molecule has 19 heavy (non-hydrogen) atoms. The highest BCUT2D eigenvalue weighted by molar-refractivity contribution is 5.74. The molecule has 2 rings (SSSR count). The quantitative estimate of drug-likeness (QED) is 0.759. The Morgan fingerprint density at radius 2 is 2.53 bits per heavy atom. The second kappa shape index (κ2) is 7.13. The number of nitrogens with zero attached hydrogens (tertiary/aromatic N) is 2. The molecular formula is C13H22N4O2. The lowest BCUT2D eigenvalue weighted by Gasteiger charge is -2.20. The van der Waals surface area contributed by atoms with Crippen molar-refractivity contribution in [2.75, 3.05) is 13.2 Å². The van der Waals surface area contributed by atoms with Gasteiger partial charge in [0.25, 0.3) is 0 Å². The molecule has 1 saturated heterocycles. The third-order valence-electron chi connectivity index (χ3n) is 3.29. The normalized spacial score (nSPS) is 20.2. The van der Waals surface area contributed by atoms with Crippen molar-refractivity contribution in [2.45, 2.75) is 44.9 Å². The number of carbonyl (C=O) groups is 1. The first-order valence-electron chi connectivity index (χ1n) is 6.89. The monoisotopic (exact) mass is 266 g/mol. The summed E-state index contributed by atoms with van der Waals surface area (Å²) < 4.78 is 7.39. The van der Waals surface area contributed by atoms with Crippen molar-refractivity contribution in [1.29, 1.82) is 0 Å². The highest BCUT2D eigenvalue weighted by atomic mass is 16.5. The Hall–Kier alpha value is -1.56. The molecule has 1 fully saturated rings. The highest BCUT2D eigenvalue weighted by Gasteiger charge is 2.23. The van der Waals surface area contributed by atoms with E-state index in [1.54, 1.807) is 6.20 Å². The van der Waals surface area contributed by atoms with Crippen molar-refractivity contribution in [2.24, 2.45) is 0 Å². The summed E-state index contributed by atoms with van der Waals surface area (Å²) >= 11 is 0. The van der Waals surface area contributed by atoms with Crippen LogP contribution >= 0.6 is 0 Å². The molecule has 0 radical (unpaired) electrons. The van der Waals surface area contributed by atoms with E-state index in [9.17, 15) is 4.79 Å². The van der Waals surface area contributed by atoms with E-state index in [4.69, 9.17) is 4.74 Å². The van der Waals surface area contributed by atoms with Gasteiger partial charge in [0.05, 0.1) is 12.1 Å². The molecule has 0 spiro atoms. The molecule has 2 amide bonds. The number of aryl methyl sites for hydroxylation is 1. The topological polar surface area (TPSA) is 68.2 Å². The molecule has 1 aromatic rings. The maximum absolute atomic E-state index is 11.7. The lowest BCUT2D eigenvalue weighted by atomic mass is 10.1. The third kappa shape index (κ3) is 4.55. The first-order valence-corrected chi connectivity index (χ1v) is 6.89. The van der Waals surface area contributed by atoms with Crippen LogP contribution in [0.4, 0.5) is 4.79 Å². The molecule has 6 nitrogen and oxygen atoms in total. The van der Waals surface area contributed by atoms with Crippen molar-refractivity contribution >= 4 is 6.03 Å². The average Bonchev–Trinajstić information content (AvgIpc) is 3.07. The molecule has 1 aliphatic rings. The number of aromatic nitrogens is 2. The average molecular weight is 266 g/mol. The number of rotatable bonds is 6. The highest BCUT2D eigenvalue weighted by Crippen LogP contribution is 2.15. The van der Waals surface area contributed by atoms with E-state index in [0.717, 1.165) is 32.4 Å². The molecule has 0 saturated carbocycles. The Morgan fingerprint density at radius 1 is 1.63 bits per heavy atom. The number of hydrogen-bond acceptors (Lipinski definition) is 3. The zero-order valence-corrected chi connectivity index (χ0v) is 11.3. The predicted octanol–water partition coefficient (Wildman–Crippen LogP) is 1.14. The van der Waals surface area contributed by atoms with Crippen LogP contribution in [0.15, 0.2) is 18.5 Å². The molecule has 1 aliphatic heterocycles. The number of ether oxygens (including phenoxy) is 1. The zero-order valence-electron chi connectivity index (χ0n) is 11.3. The minimum atomic E-state index is -0.122. The van der Waals surface area contributed by atoms with Crippen molar-refractivity contribution < 1.29 is 9.53 Å². The summed E-state index contributed by atoms with van der Waals surface area (Å²) in [5.41, 5.74) is 0. The van der Waals surface area contributed by atoms with Gasteiger partial charge < -0.3 is 15.4 Å². The van der Waals surface area contributed by atoms with Gasteiger partial charge in [-0.05, 0) is 32.3 Å². The zero-order chi connectivity index (χ0) is 13.5. The molecule has 2 N–H and O–H groups in total. The molecule has 106 valence electrons. The summed E-state index contributed by atoms with van der Waals surface area (Å²) in [6.45, 7) is 4.25. The second-order valence-electron chi connectivity index (χ2n) is 4.86. The maximum atomic E-state index is 11.7. The van der Waals surface area contributed by atoms with Crippen LogP contribution in [0.1, 0.15) is 26.2 Å². The first kappa shape index (κ1) is 13.9. The molecule has 0 unspecified atom stereocenters. The number of urea groups is 1. The van der Waals surface area contributed by atoms with Crippen LogP contribution in [-0.2, 0) is 11.3 Å². The van der Waals surface area contributed by atoms with Crippen molar-refractivity contribution in [3.05, 3.63) is 18.5 Å². The minimum Gasteiger partial charge on any atom is -0.376 e. The van der Waals surface area contributed by atoms with Gasteiger partial charge >= 0.3 is 6.03 Å². The Bertz CT molecular complexity index is 374. The molecular weight excluding hydrogens is 244 g/mol. The summed E-state index contributed by atoms with van der Waals surface area (Å²) in [5, 5.41) is 9.88. The van der Waals surface area contributed by atoms with E-state index in [1.807, 2.05) is 23.9 Å². The minimum absolute atomic E-state index is 0.0635. The van der Waals surface area contributed by atoms with Crippen LogP contribution in [0.25, 0.3) is 0 Å². The van der Waals surface area contributed by atoms with Gasteiger partial charge in [-0.1, -0.05) is 0 Å². The molecule has 1 aromatic heterocycles. The molecule has 0 aliphatic carbocycles. The third-order valence-corrected chi connectivity index (χ3v) is 3.29.